The summed E-state index contributed by atoms with van der Waals surface area (Å²) in [5.41, 5.74) is 4.23. The first-order chi connectivity index (χ1) is 9.76. The first-order valence-electron chi connectivity index (χ1n) is 6.88. The summed E-state index contributed by atoms with van der Waals surface area (Å²) in [7, 11) is 1.71. The summed E-state index contributed by atoms with van der Waals surface area (Å²) in [6, 6.07) is 14.9. The van der Waals surface area contributed by atoms with E-state index in [-0.39, 0.29) is 0 Å². The first-order valence-corrected chi connectivity index (χ1v) is 7.67. The van der Waals surface area contributed by atoms with Gasteiger partial charge in [0.15, 0.2) is 0 Å². The Morgan fingerprint density at radius 1 is 1.15 bits per heavy atom. The molecule has 0 aliphatic carbocycles. The van der Waals surface area contributed by atoms with E-state index < -0.39 is 0 Å². The van der Waals surface area contributed by atoms with Crippen molar-refractivity contribution in [3.8, 4) is 5.75 Å². The average molecular weight is 332 g/mol. The molecule has 2 nitrogen and oxygen atoms in total. The van der Waals surface area contributed by atoms with Crippen molar-refractivity contribution in [1.29, 1.82) is 0 Å². The maximum atomic E-state index is 5.32. The minimum absolute atomic E-state index is 0.917. The fraction of sp³-hybridized carbons (Fsp3) is 0.294. The van der Waals surface area contributed by atoms with E-state index in [2.05, 4.69) is 57.2 Å². The van der Waals surface area contributed by atoms with E-state index in [0.29, 0.717) is 0 Å². The normalized spacial score (nSPS) is 14.9. The second-order valence-corrected chi connectivity index (χ2v) is 6.04. The van der Waals surface area contributed by atoms with Gasteiger partial charge >= 0.3 is 0 Å². The van der Waals surface area contributed by atoms with Gasteiger partial charge in [0.25, 0.3) is 0 Å². The molecule has 3 rings (SSSR count). The summed E-state index contributed by atoms with van der Waals surface area (Å²) in [6.45, 7) is 3.09. The number of hydrogen-bond acceptors (Lipinski definition) is 2. The van der Waals surface area contributed by atoms with E-state index in [1.807, 2.05) is 6.07 Å². The summed E-state index contributed by atoms with van der Waals surface area (Å²) >= 11 is 3.64. The Balaban J connectivity index is 1.76. The fourth-order valence-corrected chi connectivity index (χ4v) is 3.10. The number of nitrogens with zero attached hydrogens (tertiary/aromatic N) is 1. The molecule has 0 spiro atoms. The van der Waals surface area contributed by atoms with Gasteiger partial charge in [0.1, 0.15) is 5.75 Å². The van der Waals surface area contributed by atoms with Crippen LogP contribution in [0.5, 0.6) is 5.75 Å². The highest BCUT2D eigenvalue weighted by Crippen LogP contribution is 2.26. The lowest BCUT2D eigenvalue weighted by Crippen LogP contribution is -2.30. The highest BCUT2D eigenvalue weighted by molar-refractivity contribution is 9.10. The Labute approximate surface area is 128 Å². The minimum atomic E-state index is 0.917. The Morgan fingerprint density at radius 3 is 2.75 bits per heavy atom. The van der Waals surface area contributed by atoms with Gasteiger partial charge in [-0.2, -0.15) is 0 Å². The molecule has 0 radical (unpaired) electrons. The smallest absolute Gasteiger partial charge is 0.119 e. The van der Waals surface area contributed by atoms with Crippen LogP contribution in [0.25, 0.3) is 0 Å². The third kappa shape index (κ3) is 2.89. The summed E-state index contributed by atoms with van der Waals surface area (Å²) in [5.74, 6) is 0.917. The van der Waals surface area contributed by atoms with Gasteiger partial charge in [-0.1, -0.05) is 40.2 Å². The van der Waals surface area contributed by atoms with Crippen molar-refractivity contribution < 1.29 is 4.74 Å². The van der Waals surface area contributed by atoms with E-state index in [9.17, 15) is 0 Å². The first kappa shape index (κ1) is 13.7. The molecule has 1 heterocycles. The minimum Gasteiger partial charge on any atom is -0.497 e. The molecule has 0 amide bonds. The van der Waals surface area contributed by atoms with Gasteiger partial charge in [-0.25, -0.2) is 0 Å². The van der Waals surface area contributed by atoms with Crippen LogP contribution in [0.1, 0.15) is 16.7 Å². The molecule has 104 valence electrons. The van der Waals surface area contributed by atoms with Gasteiger partial charge in [-0.15, -0.1) is 0 Å². The Kier molecular flexibility index (Phi) is 4.08. The maximum absolute atomic E-state index is 5.32. The molecule has 0 saturated carbocycles. The SMILES string of the molecule is COc1ccc(Br)c(CN2CCc3ccccc3C2)c1. The number of benzene rings is 2. The van der Waals surface area contributed by atoms with Crippen LogP contribution >= 0.6 is 15.9 Å². The van der Waals surface area contributed by atoms with Gasteiger partial charge < -0.3 is 4.74 Å². The number of methoxy groups -OCH3 is 1. The highest BCUT2D eigenvalue weighted by Gasteiger charge is 2.16. The zero-order valence-corrected chi connectivity index (χ0v) is 13.2. The Hall–Kier alpha value is -1.32. The number of rotatable bonds is 3. The molecule has 0 bridgehead atoms. The third-order valence-electron chi connectivity index (χ3n) is 3.86. The number of ether oxygens (including phenoxy) is 1. The standard InChI is InChI=1S/C17H18BrNO/c1-20-16-6-7-17(18)15(10-16)12-19-9-8-13-4-2-3-5-14(13)11-19/h2-7,10H,8-9,11-12H2,1H3. The van der Waals surface area contributed by atoms with Crippen LogP contribution in [-0.2, 0) is 19.5 Å². The average Bonchev–Trinajstić information content (AvgIpc) is 2.49. The summed E-state index contributed by atoms with van der Waals surface area (Å²) in [5, 5.41) is 0. The second kappa shape index (κ2) is 5.98. The van der Waals surface area contributed by atoms with Crippen molar-refractivity contribution >= 4 is 15.9 Å². The predicted molar refractivity (Wildman–Crippen MR) is 85.0 cm³/mol. The molecule has 2 aromatic rings. The van der Waals surface area contributed by atoms with Gasteiger partial charge in [-0.3, -0.25) is 4.90 Å². The lowest BCUT2D eigenvalue weighted by atomic mass is 9.99. The van der Waals surface area contributed by atoms with Crippen molar-refractivity contribution in [3.05, 3.63) is 63.6 Å². The Bertz CT molecular complexity index is 612. The highest BCUT2D eigenvalue weighted by atomic mass is 79.9. The molecule has 2 aromatic carbocycles. The van der Waals surface area contributed by atoms with Gasteiger partial charge in [0.2, 0.25) is 0 Å². The predicted octanol–water partition coefficient (Wildman–Crippen LogP) is 4.02. The Morgan fingerprint density at radius 2 is 1.95 bits per heavy atom. The van der Waals surface area contributed by atoms with E-state index in [4.69, 9.17) is 4.74 Å². The van der Waals surface area contributed by atoms with Crippen molar-refractivity contribution in [3.63, 3.8) is 0 Å². The van der Waals surface area contributed by atoms with E-state index in [1.54, 1.807) is 7.11 Å². The molecule has 1 aliphatic rings. The van der Waals surface area contributed by atoms with E-state index in [1.165, 1.54) is 16.7 Å². The molecule has 1 aliphatic heterocycles. The van der Waals surface area contributed by atoms with Gasteiger partial charge in [-0.05, 0) is 41.3 Å². The number of halogens is 1. The van der Waals surface area contributed by atoms with Crippen LogP contribution < -0.4 is 4.74 Å². The molecule has 0 N–H and O–H groups in total. The van der Waals surface area contributed by atoms with E-state index in [0.717, 1.165) is 36.3 Å². The lowest BCUT2D eigenvalue weighted by molar-refractivity contribution is 0.245. The molecule has 20 heavy (non-hydrogen) atoms. The largest absolute Gasteiger partial charge is 0.497 e. The zero-order valence-electron chi connectivity index (χ0n) is 11.6. The van der Waals surface area contributed by atoms with Crippen molar-refractivity contribution in [2.45, 2.75) is 19.5 Å². The summed E-state index contributed by atoms with van der Waals surface area (Å²) < 4.78 is 6.47. The summed E-state index contributed by atoms with van der Waals surface area (Å²) in [4.78, 5) is 2.49. The lowest BCUT2D eigenvalue weighted by Gasteiger charge is -2.29. The van der Waals surface area contributed by atoms with Crippen molar-refractivity contribution in [1.82, 2.24) is 4.90 Å². The number of fused-ring (bicyclic) bond motifs is 1. The summed E-state index contributed by atoms with van der Waals surface area (Å²) in [6.07, 6.45) is 1.14. The molecule has 0 saturated heterocycles. The third-order valence-corrected chi connectivity index (χ3v) is 4.63. The molecule has 0 aromatic heterocycles. The van der Waals surface area contributed by atoms with Crippen LogP contribution in [0, 0.1) is 0 Å². The molecular weight excluding hydrogens is 314 g/mol. The van der Waals surface area contributed by atoms with Crippen LogP contribution in [0.15, 0.2) is 46.9 Å². The quantitative estimate of drug-likeness (QED) is 0.842. The fourth-order valence-electron chi connectivity index (χ4n) is 2.73. The second-order valence-electron chi connectivity index (χ2n) is 5.19. The van der Waals surface area contributed by atoms with Gasteiger partial charge in [0, 0.05) is 24.1 Å². The van der Waals surface area contributed by atoms with Crippen LogP contribution in [0.3, 0.4) is 0 Å². The maximum Gasteiger partial charge on any atom is 0.119 e. The monoisotopic (exact) mass is 331 g/mol. The molecule has 0 atom stereocenters. The van der Waals surface area contributed by atoms with Crippen LogP contribution in [-0.4, -0.2) is 18.6 Å². The molecule has 3 heteroatoms. The topological polar surface area (TPSA) is 12.5 Å². The van der Waals surface area contributed by atoms with Crippen molar-refractivity contribution in [2.24, 2.45) is 0 Å². The van der Waals surface area contributed by atoms with Crippen LogP contribution in [0.4, 0.5) is 0 Å². The molecule has 0 unspecified atom stereocenters. The molecular formula is C17H18BrNO. The van der Waals surface area contributed by atoms with Crippen molar-refractivity contribution in [2.75, 3.05) is 13.7 Å². The van der Waals surface area contributed by atoms with Gasteiger partial charge in [0.05, 0.1) is 7.11 Å². The molecule has 0 fully saturated rings. The van der Waals surface area contributed by atoms with E-state index >= 15 is 0 Å². The number of hydrogen-bond donors (Lipinski definition) is 0. The zero-order chi connectivity index (χ0) is 13.9. The van der Waals surface area contributed by atoms with Crippen LogP contribution in [0.2, 0.25) is 0 Å².